The second-order valence-electron chi connectivity index (χ2n) is 7.58. The zero-order chi connectivity index (χ0) is 20.7. The number of hydrogen-bond acceptors (Lipinski definition) is 10. The van der Waals surface area contributed by atoms with E-state index in [1.165, 1.54) is 0 Å². The van der Waals surface area contributed by atoms with Gasteiger partial charge in [0.05, 0.1) is 31.3 Å². The second kappa shape index (κ2) is 11.4. The van der Waals surface area contributed by atoms with Crippen molar-refractivity contribution in [3.8, 4) is 0 Å². The van der Waals surface area contributed by atoms with E-state index in [2.05, 4.69) is 0 Å². The Balaban J connectivity index is 1.54. The fraction of sp³-hybridized carbons (Fsp3) is 0.944. The van der Waals surface area contributed by atoms with Gasteiger partial charge in [-0.05, 0) is 19.3 Å². The number of aliphatic hydroxyl groups excluding tert-OH is 2. The lowest BCUT2D eigenvalue weighted by Gasteiger charge is -2.25. The Morgan fingerprint density at radius 1 is 1.07 bits per heavy atom. The van der Waals surface area contributed by atoms with E-state index < -0.39 is 31.2 Å². The molecule has 0 radical (unpaired) electrons. The summed E-state index contributed by atoms with van der Waals surface area (Å²) in [6.07, 6.45) is 3.37. The standard InChI is InChI=1S/C18H31O9PS/c19-10-16-15(7-9-23-16)27-28(22,26-11-17-14(20)6-8-24-17)29-12-25-18(21)13-4-2-1-3-5-13/h13-17,19-20H,1-12H2/t14?,15?,16-,17-,28+/m1/s1. The maximum absolute atomic E-state index is 13.3. The summed E-state index contributed by atoms with van der Waals surface area (Å²) >= 11 is 0.794. The molecule has 3 fully saturated rings. The molecule has 0 aromatic carbocycles. The van der Waals surface area contributed by atoms with E-state index >= 15 is 0 Å². The third-order valence-electron chi connectivity index (χ3n) is 5.52. The number of carbonyl (C=O) groups is 1. The highest BCUT2D eigenvalue weighted by Gasteiger charge is 2.39. The number of hydrogen-bond donors (Lipinski definition) is 2. The van der Waals surface area contributed by atoms with Gasteiger partial charge in [-0.1, -0.05) is 19.3 Å². The molecule has 1 aliphatic carbocycles. The Hall–Kier alpha value is -0.190. The lowest BCUT2D eigenvalue weighted by molar-refractivity contribution is -0.147. The second-order valence-corrected chi connectivity index (χ2v) is 11.6. The molecule has 9 nitrogen and oxygen atoms in total. The SMILES string of the molecule is O=C(OCS[P@@](=O)(OC[C@H]1OCCC1O)OC1CCO[C@@H]1CO)C1CCCCC1. The quantitative estimate of drug-likeness (QED) is 0.289. The highest BCUT2D eigenvalue weighted by Crippen LogP contribution is 2.62. The van der Waals surface area contributed by atoms with Gasteiger partial charge >= 0.3 is 12.8 Å². The van der Waals surface area contributed by atoms with E-state index in [9.17, 15) is 19.6 Å². The normalized spacial score (nSPS) is 32.9. The summed E-state index contributed by atoms with van der Waals surface area (Å²) in [5.41, 5.74) is 0. The summed E-state index contributed by atoms with van der Waals surface area (Å²) in [6, 6.07) is 0. The Labute approximate surface area is 175 Å². The van der Waals surface area contributed by atoms with Crippen LogP contribution in [0.15, 0.2) is 0 Å². The van der Waals surface area contributed by atoms with Crippen LogP contribution in [-0.4, -0.2) is 73.0 Å². The summed E-state index contributed by atoms with van der Waals surface area (Å²) in [6.45, 7) is -3.29. The van der Waals surface area contributed by atoms with Gasteiger partial charge in [-0.2, -0.15) is 0 Å². The van der Waals surface area contributed by atoms with Crippen LogP contribution in [0.4, 0.5) is 0 Å². The maximum Gasteiger partial charge on any atom is 0.392 e. The van der Waals surface area contributed by atoms with Gasteiger partial charge in [0.15, 0.2) is 0 Å². The molecule has 3 aliphatic rings. The molecule has 29 heavy (non-hydrogen) atoms. The summed E-state index contributed by atoms with van der Waals surface area (Å²) in [7, 11) is 0. The first-order valence-electron chi connectivity index (χ1n) is 10.3. The van der Waals surface area contributed by atoms with E-state index in [0.717, 1.165) is 43.5 Å². The molecule has 0 amide bonds. The third kappa shape index (κ3) is 6.90. The lowest BCUT2D eigenvalue weighted by Crippen LogP contribution is -2.29. The predicted molar refractivity (Wildman–Crippen MR) is 105 cm³/mol. The molecule has 2 unspecified atom stereocenters. The Kier molecular flexibility index (Phi) is 9.26. The third-order valence-corrected chi connectivity index (χ3v) is 8.89. The van der Waals surface area contributed by atoms with Crippen LogP contribution in [0.2, 0.25) is 0 Å². The first-order valence-corrected chi connectivity index (χ1v) is 13.4. The van der Waals surface area contributed by atoms with Gasteiger partial charge in [0.25, 0.3) is 0 Å². The van der Waals surface area contributed by atoms with Crippen molar-refractivity contribution in [2.45, 2.75) is 69.4 Å². The van der Waals surface area contributed by atoms with Gasteiger partial charge in [0, 0.05) is 31.0 Å². The van der Waals surface area contributed by atoms with E-state index in [4.69, 9.17) is 23.3 Å². The number of ether oxygens (including phenoxy) is 3. The topological polar surface area (TPSA) is 121 Å². The predicted octanol–water partition coefficient (Wildman–Crippen LogP) is 2.24. The number of esters is 1. The molecule has 1 saturated carbocycles. The Morgan fingerprint density at radius 2 is 1.79 bits per heavy atom. The first kappa shape index (κ1) is 23.5. The monoisotopic (exact) mass is 454 g/mol. The molecule has 0 aromatic heterocycles. The molecule has 0 spiro atoms. The molecule has 168 valence electrons. The van der Waals surface area contributed by atoms with E-state index in [-0.39, 0.29) is 31.0 Å². The van der Waals surface area contributed by atoms with Crippen molar-refractivity contribution < 1.29 is 42.8 Å². The van der Waals surface area contributed by atoms with Crippen molar-refractivity contribution in [3.63, 3.8) is 0 Å². The summed E-state index contributed by atoms with van der Waals surface area (Å²) < 4.78 is 40.6. The number of carbonyl (C=O) groups excluding carboxylic acids is 1. The average molecular weight is 454 g/mol. The van der Waals surface area contributed by atoms with Crippen molar-refractivity contribution >= 4 is 24.1 Å². The molecule has 5 atom stereocenters. The van der Waals surface area contributed by atoms with Crippen molar-refractivity contribution in [1.29, 1.82) is 0 Å². The molecule has 11 heteroatoms. The molecule has 2 aliphatic heterocycles. The number of rotatable bonds is 10. The smallest absolute Gasteiger partial charge is 0.392 e. The number of aliphatic hydroxyl groups is 2. The van der Waals surface area contributed by atoms with E-state index in [1.54, 1.807) is 0 Å². The molecular formula is C18H31O9PS. The minimum absolute atomic E-state index is 0.0978. The Bertz CT molecular complexity index is 572. The average Bonchev–Trinajstić information content (AvgIpc) is 3.35. The van der Waals surface area contributed by atoms with Crippen LogP contribution in [-0.2, 0) is 32.6 Å². The zero-order valence-electron chi connectivity index (χ0n) is 16.5. The van der Waals surface area contributed by atoms with Gasteiger partial charge < -0.3 is 24.4 Å². The van der Waals surface area contributed by atoms with Crippen LogP contribution in [0.25, 0.3) is 0 Å². The molecule has 0 bridgehead atoms. The Morgan fingerprint density at radius 3 is 2.48 bits per heavy atom. The van der Waals surface area contributed by atoms with Crippen LogP contribution in [0.1, 0.15) is 44.9 Å². The fourth-order valence-corrected chi connectivity index (χ4v) is 6.61. The lowest BCUT2D eigenvalue weighted by atomic mass is 9.89. The van der Waals surface area contributed by atoms with Gasteiger partial charge in [-0.15, -0.1) is 0 Å². The van der Waals surface area contributed by atoms with Crippen LogP contribution >= 0.6 is 18.2 Å². The van der Waals surface area contributed by atoms with Gasteiger partial charge in [0.2, 0.25) is 0 Å². The van der Waals surface area contributed by atoms with Crippen LogP contribution in [0.3, 0.4) is 0 Å². The van der Waals surface area contributed by atoms with Crippen LogP contribution < -0.4 is 0 Å². The van der Waals surface area contributed by atoms with E-state index in [0.29, 0.717) is 26.1 Å². The highest BCUT2D eigenvalue weighted by atomic mass is 32.7. The molecule has 2 N–H and O–H groups in total. The molecule has 3 rings (SSSR count). The maximum atomic E-state index is 13.3. The fourth-order valence-electron chi connectivity index (χ4n) is 3.75. The minimum atomic E-state index is -3.74. The van der Waals surface area contributed by atoms with Crippen LogP contribution in [0.5, 0.6) is 0 Å². The largest absolute Gasteiger partial charge is 0.454 e. The van der Waals surface area contributed by atoms with Gasteiger partial charge in [0.1, 0.15) is 18.1 Å². The summed E-state index contributed by atoms with van der Waals surface area (Å²) in [4.78, 5) is 12.2. The van der Waals surface area contributed by atoms with Crippen LogP contribution in [0, 0.1) is 5.92 Å². The van der Waals surface area contributed by atoms with Crippen molar-refractivity contribution in [2.75, 3.05) is 32.4 Å². The van der Waals surface area contributed by atoms with Crippen molar-refractivity contribution in [3.05, 3.63) is 0 Å². The molecule has 2 saturated heterocycles. The van der Waals surface area contributed by atoms with E-state index in [1.807, 2.05) is 0 Å². The molecule has 2 heterocycles. The minimum Gasteiger partial charge on any atom is -0.454 e. The first-order chi connectivity index (χ1) is 14.0. The van der Waals surface area contributed by atoms with Crippen molar-refractivity contribution in [1.82, 2.24) is 0 Å². The summed E-state index contributed by atoms with van der Waals surface area (Å²) in [5, 5.41) is 19.3. The molecule has 0 aromatic rings. The van der Waals surface area contributed by atoms with Crippen molar-refractivity contribution in [2.24, 2.45) is 5.92 Å². The van der Waals surface area contributed by atoms with Gasteiger partial charge in [-0.25, -0.2) is 4.57 Å². The zero-order valence-corrected chi connectivity index (χ0v) is 18.2. The molecular weight excluding hydrogens is 423 g/mol. The highest BCUT2D eigenvalue weighted by molar-refractivity contribution is 8.55. The summed E-state index contributed by atoms with van der Waals surface area (Å²) in [5.74, 6) is -0.539. The van der Waals surface area contributed by atoms with Gasteiger partial charge in [-0.3, -0.25) is 13.8 Å².